The van der Waals surface area contributed by atoms with Crippen LogP contribution in [-0.4, -0.2) is 36.9 Å². The number of hydrogen-bond acceptors (Lipinski definition) is 4. The van der Waals surface area contributed by atoms with E-state index in [0.29, 0.717) is 35.1 Å². The first kappa shape index (κ1) is 16.4. The zero-order chi connectivity index (χ0) is 14.4. The van der Waals surface area contributed by atoms with E-state index in [2.05, 4.69) is 22.6 Å². The third-order valence-corrected chi connectivity index (χ3v) is 4.02. The SMILES string of the molecule is COc1cc(OC)c(C(=O)C(I)CCCl)c(OC)c1. The van der Waals surface area contributed by atoms with Crippen molar-refractivity contribution in [2.24, 2.45) is 0 Å². The van der Waals surface area contributed by atoms with E-state index < -0.39 is 0 Å². The molecule has 0 aliphatic heterocycles. The van der Waals surface area contributed by atoms with Gasteiger partial charge in [-0.25, -0.2) is 0 Å². The molecule has 4 nitrogen and oxygen atoms in total. The van der Waals surface area contributed by atoms with Gasteiger partial charge in [0.25, 0.3) is 0 Å². The fraction of sp³-hybridized carbons (Fsp3) is 0.462. The second-order valence-corrected chi connectivity index (χ2v) is 5.60. The van der Waals surface area contributed by atoms with Gasteiger partial charge in [0.1, 0.15) is 22.8 Å². The molecule has 0 amide bonds. The van der Waals surface area contributed by atoms with Gasteiger partial charge in [-0.15, -0.1) is 11.6 Å². The molecule has 0 N–H and O–H groups in total. The van der Waals surface area contributed by atoms with Crippen molar-refractivity contribution in [3.05, 3.63) is 17.7 Å². The molecule has 19 heavy (non-hydrogen) atoms. The molecule has 1 aromatic carbocycles. The van der Waals surface area contributed by atoms with Crippen LogP contribution in [0.25, 0.3) is 0 Å². The lowest BCUT2D eigenvalue weighted by Gasteiger charge is -2.16. The van der Waals surface area contributed by atoms with E-state index >= 15 is 0 Å². The number of hydrogen-bond donors (Lipinski definition) is 0. The molecule has 0 saturated heterocycles. The molecule has 0 saturated carbocycles. The molecule has 0 aliphatic rings. The van der Waals surface area contributed by atoms with Crippen LogP contribution in [0.2, 0.25) is 0 Å². The summed E-state index contributed by atoms with van der Waals surface area (Å²) in [7, 11) is 4.56. The van der Waals surface area contributed by atoms with Crippen LogP contribution in [0.1, 0.15) is 16.8 Å². The van der Waals surface area contributed by atoms with Gasteiger partial charge >= 0.3 is 0 Å². The summed E-state index contributed by atoms with van der Waals surface area (Å²) >= 11 is 7.76. The monoisotopic (exact) mass is 398 g/mol. The Kier molecular flexibility index (Phi) is 6.71. The molecule has 1 rings (SSSR count). The molecule has 6 heteroatoms. The van der Waals surface area contributed by atoms with Crippen molar-refractivity contribution < 1.29 is 19.0 Å². The van der Waals surface area contributed by atoms with Gasteiger partial charge in [-0.1, -0.05) is 22.6 Å². The summed E-state index contributed by atoms with van der Waals surface area (Å²) in [5, 5.41) is 0. The van der Waals surface area contributed by atoms with Crippen molar-refractivity contribution in [3.63, 3.8) is 0 Å². The molecule has 0 heterocycles. The highest BCUT2D eigenvalue weighted by Crippen LogP contribution is 2.36. The van der Waals surface area contributed by atoms with Gasteiger partial charge in [-0.05, 0) is 6.42 Å². The molecular weight excluding hydrogens is 382 g/mol. The number of halogens is 2. The first-order valence-electron chi connectivity index (χ1n) is 5.63. The average Bonchev–Trinajstić information content (AvgIpc) is 2.44. The van der Waals surface area contributed by atoms with E-state index in [9.17, 15) is 4.79 Å². The van der Waals surface area contributed by atoms with Crippen LogP contribution in [0.15, 0.2) is 12.1 Å². The Morgan fingerprint density at radius 3 is 2.11 bits per heavy atom. The number of alkyl halides is 2. The quantitative estimate of drug-likeness (QED) is 0.401. The maximum absolute atomic E-state index is 12.4. The third kappa shape index (κ3) is 3.89. The van der Waals surface area contributed by atoms with Crippen molar-refractivity contribution in [1.29, 1.82) is 0 Å². The third-order valence-electron chi connectivity index (χ3n) is 2.61. The topological polar surface area (TPSA) is 44.8 Å². The van der Waals surface area contributed by atoms with Gasteiger partial charge in [0.2, 0.25) is 0 Å². The summed E-state index contributed by atoms with van der Waals surface area (Å²) in [4.78, 5) is 12.4. The Morgan fingerprint density at radius 1 is 1.21 bits per heavy atom. The number of Topliss-reactive ketones (excluding diaryl/α,β-unsaturated/α-hetero) is 1. The molecule has 0 aromatic heterocycles. The molecule has 0 bridgehead atoms. The van der Waals surface area contributed by atoms with E-state index in [-0.39, 0.29) is 9.71 Å². The van der Waals surface area contributed by atoms with Crippen LogP contribution in [0.4, 0.5) is 0 Å². The second kappa shape index (κ2) is 7.79. The molecule has 0 aliphatic carbocycles. The van der Waals surface area contributed by atoms with Crippen molar-refractivity contribution in [3.8, 4) is 17.2 Å². The highest BCUT2D eigenvalue weighted by Gasteiger charge is 2.25. The minimum atomic E-state index is -0.216. The Labute approximate surface area is 131 Å². The number of ketones is 1. The van der Waals surface area contributed by atoms with Crippen molar-refractivity contribution in [2.75, 3.05) is 27.2 Å². The van der Waals surface area contributed by atoms with Crippen LogP contribution >= 0.6 is 34.2 Å². The van der Waals surface area contributed by atoms with Gasteiger partial charge in [0.05, 0.1) is 25.3 Å². The summed E-state index contributed by atoms with van der Waals surface area (Å²) in [6.45, 7) is 0. The highest BCUT2D eigenvalue weighted by atomic mass is 127. The minimum absolute atomic E-state index is 0.0578. The largest absolute Gasteiger partial charge is 0.496 e. The first-order chi connectivity index (χ1) is 9.08. The van der Waals surface area contributed by atoms with Crippen LogP contribution in [0, 0.1) is 0 Å². The number of carbonyl (C=O) groups excluding carboxylic acids is 1. The summed E-state index contributed by atoms with van der Waals surface area (Å²) < 4.78 is 15.5. The lowest BCUT2D eigenvalue weighted by molar-refractivity contribution is 0.0987. The van der Waals surface area contributed by atoms with Crippen molar-refractivity contribution >= 4 is 40.0 Å². The second-order valence-electron chi connectivity index (χ2n) is 3.72. The molecular formula is C13H16ClIO4. The lowest BCUT2D eigenvalue weighted by atomic mass is 10.0. The Balaban J connectivity index is 3.27. The number of ether oxygens (including phenoxy) is 3. The minimum Gasteiger partial charge on any atom is -0.496 e. The average molecular weight is 399 g/mol. The molecule has 1 aromatic rings. The molecule has 1 atom stereocenters. The molecule has 0 spiro atoms. The predicted octanol–water partition coefficient (Wildman–Crippen LogP) is 3.33. The van der Waals surface area contributed by atoms with Gasteiger partial charge in [-0.2, -0.15) is 0 Å². The Morgan fingerprint density at radius 2 is 1.74 bits per heavy atom. The van der Waals surface area contributed by atoms with Crippen LogP contribution in [0.5, 0.6) is 17.2 Å². The zero-order valence-electron chi connectivity index (χ0n) is 11.0. The fourth-order valence-corrected chi connectivity index (χ4v) is 2.84. The van der Waals surface area contributed by atoms with Crippen LogP contribution < -0.4 is 14.2 Å². The Bertz CT molecular complexity index is 425. The van der Waals surface area contributed by atoms with Crippen molar-refractivity contribution in [2.45, 2.75) is 10.3 Å². The van der Waals surface area contributed by atoms with Gasteiger partial charge < -0.3 is 14.2 Å². The first-order valence-corrected chi connectivity index (χ1v) is 7.41. The van der Waals surface area contributed by atoms with Gasteiger partial charge in [0.15, 0.2) is 5.78 Å². The van der Waals surface area contributed by atoms with Gasteiger partial charge in [0, 0.05) is 18.0 Å². The smallest absolute Gasteiger partial charge is 0.183 e. The van der Waals surface area contributed by atoms with Gasteiger partial charge in [-0.3, -0.25) is 4.79 Å². The summed E-state index contributed by atoms with van der Waals surface area (Å²) in [6.07, 6.45) is 0.597. The highest BCUT2D eigenvalue weighted by molar-refractivity contribution is 14.1. The fourth-order valence-electron chi connectivity index (χ4n) is 1.63. The number of benzene rings is 1. The molecule has 0 radical (unpaired) electrons. The van der Waals surface area contributed by atoms with Crippen molar-refractivity contribution in [1.82, 2.24) is 0 Å². The van der Waals surface area contributed by atoms with E-state index in [1.165, 1.54) is 14.2 Å². The Hall–Kier alpha value is -0.690. The maximum atomic E-state index is 12.4. The maximum Gasteiger partial charge on any atom is 0.183 e. The van der Waals surface area contributed by atoms with E-state index in [1.807, 2.05) is 0 Å². The van der Waals surface area contributed by atoms with E-state index in [0.717, 1.165) is 0 Å². The molecule has 0 fully saturated rings. The lowest BCUT2D eigenvalue weighted by Crippen LogP contribution is -2.17. The van der Waals surface area contributed by atoms with Crippen LogP contribution in [-0.2, 0) is 0 Å². The number of carbonyl (C=O) groups is 1. The predicted molar refractivity (Wildman–Crippen MR) is 83.6 cm³/mol. The molecule has 1 unspecified atom stereocenters. The summed E-state index contributed by atoms with van der Waals surface area (Å²) in [6, 6.07) is 3.33. The number of rotatable bonds is 7. The normalized spacial score (nSPS) is 11.8. The number of methoxy groups -OCH3 is 3. The van der Waals surface area contributed by atoms with E-state index in [1.54, 1.807) is 19.2 Å². The van der Waals surface area contributed by atoms with Crippen LogP contribution in [0.3, 0.4) is 0 Å². The van der Waals surface area contributed by atoms with E-state index in [4.69, 9.17) is 25.8 Å². The summed E-state index contributed by atoms with van der Waals surface area (Å²) in [5.74, 6) is 1.83. The standard InChI is InChI=1S/C13H16ClIO4/c1-17-8-6-10(18-2)12(11(7-8)19-3)13(16)9(15)4-5-14/h6-7,9H,4-5H2,1-3H3. The molecule has 106 valence electrons. The zero-order valence-corrected chi connectivity index (χ0v) is 13.9. The summed E-state index contributed by atoms with van der Waals surface area (Å²) in [5.41, 5.74) is 0.426.